The van der Waals surface area contributed by atoms with Crippen LogP contribution in [0.5, 0.6) is 0 Å². The Balaban J connectivity index is 1.95. The molecular weight excluding hydrogens is 318 g/mol. The van der Waals surface area contributed by atoms with Gasteiger partial charge in [0.1, 0.15) is 0 Å². The topological polar surface area (TPSA) is 53.0 Å². The fourth-order valence-corrected chi connectivity index (χ4v) is 3.67. The predicted molar refractivity (Wildman–Crippen MR) is 96.2 cm³/mol. The van der Waals surface area contributed by atoms with Crippen LogP contribution >= 0.6 is 11.8 Å². The monoisotopic (exact) mass is 340 g/mol. The number of H-pyrrole nitrogens is 1. The van der Waals surface area contributed by atoms with Gasteiger partial charge in [-0.25, -0.2) is 4.40 Å². The molecule has 0 aliphatic rings. The van der Waals surface area contributed by atoms with E-state index in [1.807, 2.05) is 30.3 Å². The molecule has 0 saturated carbocycles. The molecule has 0 amide bonds. The highest BCUT2D eigenvalue weighted by molar-refractivity contribution is 7.99. The third kappa shape index (κ3) is 3.37. The predicted octanol–water partition coefficient (Wildman–Crippen LogP) is 4.03. The third-order valence-electron chi connectivity index (χ3n) is 3.89. The molecule has 0 radical (unpaired) electrons. The first-order chi connectivity index (χ1) is 11.6. The van der Waals surface area contributed by atoms with E-state index in [2.05, 4.69) is 47.3 Å². The Morgan fingerprint density at radius 2 is 2.08 bits per heavy atom. The molecule has 0 saturated heterocycles. The zero-order chi connectivity index (χ0) is 17.1. The van der Waals surface area contributed by atoms with Gasteiger partial charge in [-0.15, -0.1) is 11.7 Å². The molecule has 4 nitrogen and oxygen atoms in total. The van der Waals surface area contributed by atoms with Crippen LogP contribution in [0.2, 0.25) is 0 Å². The van der Waals surface area contributed by atoms with Gasteiger partial charge in [-0.2, -0.15) is 0 Å². The van der Waals surface area contributed by atoms with Gasteiger partial charge >= 0.3 is 5.65 Å². The molecule has 3 aromatic rings. The molecule has 2 heterocycles. The summed E-state index contributed by atoms with van der Waals surface area (Å²) in [5.74, 6) is 1.44. The highest BCUT2D eigenvalue weighted by atomic mass is 32.2. The lowest BCUT2D eigenvalue weighted by molar-refractivity contribution is -0.525. The van der Waals surface area contributed by atoms with E-state index in [1.165, 1.54) is 0 Å². The van der Waals surface area contributed by atoms with Crippen LogP contribution in [0, 0.1) is 0 Å². The molecule has 5 heteroatoms. The zero-order valence-electron chi connectivity index (χ0n) is 13.9. The van der Waals surface area contributed by atoms with Crippen molar-refractivity contribution >= 4 is 17.4 Å². The molecule has 3 rings (SSSR count). The van der Waals surface area contributed by atoms with Crippen LogP contribution in [0.3, 0.4) is 0 Å². The third-order valence-corrected chi connectivity index (χ3v) is 4.96. The fraction of sp³-hybridized carbons (Fsp3) is 0.263. The number of nitrogens with zero attached hydrogens (tertiary/aromatic N) is 2. The average molecular weight is 340 g/mol. The van der Waals surface area contributed by atoms with Crippen molar-refractivity contribution in [3.8, 4) is 0 Å². The number of fused-ring (bicyclic) bond motifs is 1. The van der Waals surface area contributed by atoms with Crippen molar-refractivity contribution in [3.05, 3.63) is 66.6 Å². The summed E-state index contributed by atoms with van der Waals surface area (Å²) < 4.78 is 2.09. The van der Waals surface area contributed by atoms with Gasteiger partial charge in [0.25, 0.3) is 0 Å². The molecule has 0 aliphatic heterocycles. The first-order valence-electron chi connectivity index (χ1n) is 8.05. The molecule has 0 spiro atoms. The normalized spacial score (nSPS) is 12.7. The summed E-state index contributed by atoms with van der Waals surface area (Å²) in [5.41, 5.74) is 1.84. The average Bonchev–Trinajstić information content (AvgIpc) is 2.99. The van der Waals surface area contributed by atoms with E-state index in [-0.39, 0.29) is 0 Å². The highest BCUT2D eigenvalue weighted by Crippen LogP contribution is 2.34. The molecule has 1 aromatic carbocycles. The van der Waals surface area contributed by atoms with Crippen molar-refractivity contribution < 1.29 is 9.51 Å². The van der Waals surface area contributed by atoms with Crippen LogP contribution < -0.4 is 4.40 Å². The number of aliphatic hydroxyl groups is 1. The van der Waals surface area contributed by atoms with Crippen LogP contribution in [0.15, 0.2) is 65.0 Å². The van der Waals surface area contributed by atoms with Crippen molar-refractivity contribution in [2.24, 2.45) is 0 Å². The Labute approximate surface area is 146 Å². The molecule has 124 valence electrons. The van der Waals surface area contributed by atoms with Gasteiger partial charge in [-0.05, 0) is 24.1 Å². The molecule has 0 fully saturated rings. The minimum absolute atomic E-state index is 0.363. The first-order valence-corrected chi connectivity index (χ1v) is 8.87. The number of pyridine rings is 1. The fourth-order valence-electron chi connectivity index (χ4n) is 2.65. The maximum Gasteiger partial charge on any atom is 0.306 e. The molecule has 1 unspecified atom stereocenters. The summed E-state index contributed by atoms with van der Waals surface area (Å²) in [4.78, 5) is 2.16. The van der Waals surface area contributed by atoms with Crippen LogP contribution in [0.4, 0.5) is 0 Å². The van der Waals surface area contributed by atoms with Gasteiger partial charge < -0.3 is 5.11 Å². The van der Waals surface area contributed by atoms with Gasteiger partial charge in [-0.1, -0.05) is 49.9 Å². The second-order valence-electron chi connectivity index (χ2n) is 6.04. The van der Waals surface area contributed by atoms with E-state index in [9.17, 15) is 5.11 Å². The molecule has 0 bridgehead atoms. The number of hydrogen-bond acceptors (Lipinski definition) is 3. The smallest absolute Gasteiger partial charge is 0.306 e. The minimum Gasteiger partial charge on any atom is -0.388 e. The number of aromatic nitrogens is 3. The molecule has 2 aromatic heterocycles. The molecule has 1 atom stereocenters. The Morgan fingerprint density at radius 1 is 1.29 bits per heavy atom. The summed E-state index contributed by atoms with van der Waals surface area (Å²) in [6.07, 6.45) is 3.86. The Morgan fingerprint density at radius 3 is 2.83 bits per heavy atom. The summed E-state index contributed by atoms with van der Waals surface area (Å²) in [6, 6.07) is 12.0. The molecular formula is C19H22N3OS+. The first kappa shape index (κ1) is 16.7. The van der Waals surface area contributed by atoms with E-state index in [0.29, 0.717) is 12.3 Å². The molecule has 2 N–H and O–H groups in total. The molecule has 0 aliphatic carbocycles. The number of hydrogen-bond donors (Lipinski definition) is 2. The van der Waals surface area contributed by atoms with Gasteiger partial charge in [-0.3, -0.25) is 0 Å². The highest BCUT2D eigenvalue weighted by Gasteiger charge is 2.17. The van der Waals surface area contributed by atoms with Crippen molar-refractivity contribution in [2.75, 3.05) is 0 Å². The van der Waals surface area contributed by atoms with E-state index in [1.54, 1.807) is 17.8 Å². The summed E-state index contributed by atoms with van der Waals surface area (Å²) in [5, 5.41) is 17.8. The van der Waals surface area contributed by atoms with Gasteiger partial charge in [0.2, 0.25) is 5.82 Å². The molecule has 24 heavy (non-hydrogen) atoms. The minimum atomic E-state index is -0.525. The summed E-state index contributed by atoms with van der Waals surface area (Å²) >= 11 is 1.65. The lowest BCUT2D eigenvalue weighted by atomic mass is 10.1. The number of rotatable bonds is 6. The van der Waals surface area contributed by atoms with Crippen molar-refractivity contribution in [1.29, 1.82) is 0 Å². The van der Waals surface area contributed by atoms with Crippen LogP contribution in [-0.4, -0.2) is 15.3 Å². The number of aromatic amines is 1. The van der Waals surface area contributed by atoms with Crippen molar-refractivity contribution in [2.45, 2.75) is 42.1 Å². The lowest BCUT2D eigenvalue weighted by Crippen LogP contribution is -2.25. The van der Waals surface area contributed by atoms with Gasteiger partial charge in [0, 0.05) is 26.9 Å². The summed E-state index contributed by atoms with van der Waals surface area (Å²) in [6.45, 7) is 7.99. The Bertz CT molecular complexity index is 857. The van der Waals surface area contributed by atoms with E-state index < -0.39 is 6.10 Å². The van der Waals surface area contributed by atoms with Crippen LogP contribution in [0.25, 0.3) is 5.65 Å². The van der Waals surface area contributed by atoms with Crippen molar-refractivity contribution in [3.63, 3.8) is 0 Å². The number of benzene rings is 1. The van der Waals surface area contributed by atoms with Gasteiger partial charge in [0.05, 0.1) is 12.3 Å². The maximum atomic E-state index is 10.3. The van der Waals surface area contributed by atoms with Crippen LogP contribution in [-0.2, 0) is 0 Å². The standard InChI is InChI=1S/C19H21N3OS/c1-4-7-16(23)15-8-5-6-9-17(15)24-14-10-11-18-20-21-19(13(2)3)22(18)12-14/h4-6,8-13,16,23H,1,7H2,2-3H3/p+1. The van der Waals surface area contributed by atoms with Crippen molar-refractivity contribution in [1.82, 2.24) is 10.2 Å². The Kier molecular flexibility index (Phi) is 5.02. The zero-order valence-corrected chi connectivity index (χ0v) is 14.8. The van der Waals surface area contributed by atoms with E-state index >= 15 is 0 Å². The second kappa shape index (κ2) is 7.20. The number of nitrogens with one attached hydrogen (secondary N) is 1. The van der Waals surface area contributed by atoms with E-state index in [4.69, 9.17) is 0 Å². The lowest BCUT2D eigenvalue weighted by Gasteiger charge is -2.13. The largest absolute Gasteiger partial charge is 0.388 e. The van der Waals surface area contributed by atoms with Crippen LogP contribution in [0.1, 0.15) is 43.7 Å². The number of aliphatic hydroxyl groups excluding tert-OH is 1. The quantitative estimate of drug-likeness (QED) is 0.526. The Hall–Kier alpha value is -2.11. The summed E-state index contributed by atoms with van der Waals surface area (Å²) in [7, 11) is 0. The van der Waals surface area contributed by atoms with Gasteiger partial charge in [0.15, 0.2) is 0 Å². The second-order valence-corrected chi connectivity index (χ2v) is 7.15. The van der Waals surface area contributed by atoms with E-state index in [0.717, 1.165) is 26.8 Å². The maximum absolute atomic E-state index is 10.3. The SMILES string of the molecule is C=CCC(O)c1ccccc1Sc1ccc2n[nH]c(C(C)C)[n+]2c1.